The molecule has 412 valence electrons. The average Bonchev–Trinajstić information content (AvgIpc) is 3.87. The molecule has 19 nitrogen and oxygen atoms in total. The monoisotopic (exact) mass is 1100 g/mol. The largest absolute Gasteiger partial charge is 0.497 e. The summed E-state index contributed by atoms with van der Waals surface area (Å²) in [5.74, 6) is 1.81. The Labute approximate surface area is 449 Å². The van der Waals surface area contributed by atoms with Gasteiger partial charge in [0.1, 0.15) is 36.4 Å². The van der Waals surface area contributed by atoms with Crippen LogP contribution >= 0.6 is 12.4 Å². The van der Waals surface area contributed by atoms with E-state index in [-0.39, 0.29) is 68.4 Å². The Hall–Kier alpha value is -6.17. The number of halogens is 1. The number of ether oxygens (including phenoxy) is 4. The Bertz CT molecular complexity index is 2950. The van der Waals surface area contributed by atoms with Gasteiger partial charge in [0, 0.05) is 77.9 Å². The van der Waals surface area contributed by atoms with Crippen LogP contribution < -0.4 is 20.5 Å². The summed E-state index contributed by atoms with van der Waals surface area (Å²) in [5, 5.41) is 11.3. The molecule has 0 aliphatic heterocycles. The lowest BCUT2D eigenvalue weighted by atomic mass is 10.1. The molecular weight excluding hydrogens is 1020 g/mol. The predicted octanol–water partition coefficient (Wildman–Crippen LogP) is 6.92. The zero-order chi connectivity index (χ0) is 54.2. The number of nitrogens with two attached hydrogens (primary N) is 1. The number of likely N-dealkylation sites (N-methyl/N-ethyl adjacent to an activating group) is 2. The molecule has 0 bridgehead atoms. The normalized spacial score (nSPS) is 11.1. The summed E-state index contributed by atoms with van der Waals surface area (Å²) < 4.78 is 78.3. The Morgan fingerprint density at radius 1 is 0.640 bits per heavy atom. The van der Waals surface area contributed by atoms with E-state index in [0.29, 0.717) is 46.8 Å². The molecule has 0 aliphatic carbocycles. The van der Waals surface area contributed by atoms with Crippen molar-refractivity contribution in [2.75, 3.05) is 67.8 Å². The fourth-order valence-corrected chi connectivity index (χ4v) is 10.5. The maximum absolute atomic E-state index is 13.0. The predicted molar refractivity (Wildman–Crippen MR) is 294 cm³/mol. The Balaban J connectivity index is 0.000000420. The Morgan fingerprint density at radius 3 is 1.32 bits per heavy atom. The maximum atomic E-state index is 13.0. The van der Waals surface area contributed by atoms with Crippen LogP contribution in [0.3, 0.4) is 0 Å². The SMILES string of the molecule is C.COc1cc(C)c(S(=O)(=O)N(C)CCOCC(=O)NCc2ccc(-c3cn(C)c(C)n3)cc2)c(C)c1.COc1cc(C)c(S(=O)(=O)N(C)CCOCC(=O)O)c(C)c1.Cc1nc(-c2ccc(CN)cc2)cn1C.Cl. The van der Waals surface area contributed by atoms with E-state index >= 15 is 0 Å². The van der Waals surface area contributed by atoms with E-state index in [0.717, 1.165) is 49.6 Å². The van der Waals surface area contributed by atoms with Gasteiger partial charge >= 0.3 is 5.97 Å². The molecule has 0 saturated heterocycles. The summed E-state index contributed by atoms with van der Waals surface area (Å²) in [4.78, 5) is 32.0. The number of carbonyl (C=O) groups excluding carboxylic acids is 1. The minimum absolute atomic E-state index is 0. The first-order chi connectivity index (χ1) is 34.4. The number of nitrogens with one attached hydrogen (secondary N) is 1. The number of carboxylic acids is 1. The van der Waals surface area contributed by atoms with Crippen LogP contribution in [-0.4, -0.2) is 129 Å². The molecule has 0 saturated carbocycles. The molecule has 6 rings (SSSR count). The summed E-state index contributed by atoms with van der Waals surface area (Å²) in [6, 6.07) is 22.8. The quantitative estimate of drug-likeness (QED) is 0.0621. The summed E-state index contributed by atoms with van der Waals surface area (Å²) in [7, 11) is 2.57. The maximum Gasteiger partial charge on any atom is 0.329 e. The summed E-state index contributed by atoms with van der Waals surface area (Å²) in [6.45, 7) is 11.5. The van der Waals surface area contributed by atoms with Crippen LogP contribution in [0, 0.1) is 41.5 Å². The second-order valence-electron chi connectivity index (χ2n) is 17.3. The summed E-state index contributed by atoms with van der Waals surface area (Å²) in [5.41, 5.74) is 14.1. The van der Waals surface area contributed by atoms with E-state index in [2.05, 4.69) is 27.4 Å². The number of aryl methyl sites for hydroxylation is 8. The van der Waals surface area contributed by atoms with Crippen molar-refractivity contribution in [3.8, 4) is 34.0 Å². The first kappa shape index (κ1) is 64.9. The van der Waals surface area contributed by atoms with E-state index in [9.17, 15) is 26.4 Å². The second-order valence-corrected chi connectivity index (χ2v) is 21.2. The summed E-state index contributed by atoms with van der Waals surface area (Å²) >= 11 is 0. The van der Waals surface area contributed by atoms with Gasteiger partial charge in [0.25, 0.3) is 0 Å². The van der Waals surface area contributed by atoms with Gasteiger partial charge in [-0.25, -0.2) is 31.6 Å². The van der Waals surface area contributed by atoms with E-state index in [1.54, 1.807) is 59.1 Å². The molecule has 1 amide bonds. The number of hydrogen-bond acceptors (Lipinski definition) is 13. The molecule has 0 fully saturated rings. The molecule has 4 N–H and O–H groups in total. The third-order valence-electron chi connectivity index (χ3n) is 11.7. The fourth-order valence-electron chi connectivity index (χ4n) is 7.39. The summed E-state index contributed by atoms with van der Waals surface area (Å²) in [6.07, 6.45) is 4.01. The van der Waals surface area contributed by atoms with E-state index in [1.807, 2.05) is 85.9 Å². The first-order valence-corrected chi connectivity index (χ1v) is 26.1. The number of carbonyl (C=O) groups is 2. The number of hydrogen-bond donors (Lipinski definition) is 3. The Kier molecular flexibility index (Phi) is 25.8. The van der Waals surface area contributed by atoms with Crippen LogP contribution in [0.25, 0.3) is 22.5 Å². The van der Waals surface area contributed by atoms with E-state index in [1.165, 1.54) is 25.5 Å². The van der Waals surface area contributed by atoms with Crippen molar-refractivity contribution in [2.45, 2.75) is 71.8 Å². The molecule has 2 heterocycles. The highest BCUT2D eigenvalue weighted by Crippen LogP contribution is 2.29. The average molecular weight is 1100 g/mol. The standard InChI is InChI=1S/C26H34N4O5S.C14H21NO6S.C12H15N3.CH4.ClH/c1-18-13-23(34-6)14-19(2)26(18)36(32,33)30(5)11-12-35-17-25(31)27-15-21-7-9-22(10-8-21)24-16-29(4)20(3)28-24;1-10-7-12(20-4)8-11(2)14(10)22(18,19)15(3)5-6-21-9-13(16)17;1-9-14-12(8-15(9)2)11-5-3-10(7-13)4-6-11;;/h7-10,13-14,16H,11-12,15,17H2,1-6H3,(H,27,31);7-8H,5-6,9H2,1-4H3,(H,16,17);3-6,8H,7,13H2,1-2H3;1H4;1H. The highest BCUT2D eigenvalue weighted by molar-refractivity contribution is 7.89. The third-order valence-corrected chi connectivity index (χ3v) is 16.0. The lowest BCUT2D eigenvalue weighted by Crippen LogP contribution is -2.33. The minimum atomic E-state index is -3.71. The number of rotatable bonds is 21. The number of sulfonamides is 2. The van der Waals surface area contributed by atoms with Crippen LogP contribution in [0.5, 0.6) is 11.5 Å². The van der Waals surface area contributed by atoms with Crippen molar-refractivity contribution >= 4 is 44.3 Å². The van der Waals surface area contributed by atoms with Crippen molar-refractivity contribution < 1.29 is 50.5 Å². The number of carboxylic acid groups (broad SMARTS) is 1. The molecule has 0 aliphatic rings. The van der Waals surface area contributed by atoms with Crippen LogP contribution in [0.2, 0.25) is 0 Å². The topological polar surface area (TPSA) is 240 Å². The van der Waals surface area contributed by atoms with Crippen LogP contribution in [0.1, 0.15) is 52.5 Å². The number of benzene rings is 4. The third kappa shape index (κ3) is 18.3. The van der Waals surface area contributed by atoms with Crippen molar-refractivity contribution in [2.24, 2.45) is 19.8 Å². The smallest absolute Gasteiger partial charge is 0.329 e. The first-order valence-electron chi connectivity index (χ1n) is 23.2. The van der Waals surface area contributed by atoms with Gasteiger partial charge in [0.05, 0.1) is 48.6 Å². The Morgan fingerprint density at radius 2 is 1.00 bits per heavy atom. The zero-order valence-electron chi connectivity index (χ0n) is 44.3. The molecule has 0 unspecified atom stereocenters. The highest BCUT2D eigenvalue weighted by atomic mass is 35.5. The molecule has 6 aromatic rings. The number of imidazole rings is 2. The van der Waals surface area contributed by atoms with Crippen LogP contribution in [-0.2, 0) is 66.3 Å². The van der Waals surface area contributed by atoms with Gasteiger partial charge < -0.3 is 44.2 Å². The van der Waals surface area contributed by atoms with Crippen molar-refractivity contribution in [3.05, 3.63) is 130 Å². The van der Waals surface area contributed by atoms with E-state index < -0.39 is 32.6 Å². The molecule has 75 heavy (non-hydrogen) atoms. The van der Waals surface area contributed by atoms with Gasteiger partial charge in [0.2, 0.25) is 26.0 Å². The van der Waals surface area contributed by atoms with Gasteiger partial charge in [-0.2, -0.15) is 8.61 Å². The fraction of sp³-hybridized carbons (Fsp3) is 0.396. The molecule has 0 atom stereocenters. The highest BCUT2D eigenvalue weighted by Gasteiger charge is 2.27. The molecule has 22 heteroatoms. The lowest BCUT2D eigenvalue weighted by molar-refractivity contribution is -0.142. The van der Waals surface area contributed by atoms with Crippen molar-refractivity contribution in [1.82, 2.24) is 33.0 Å². The van der Waals surface area contributed by atoms with Gasteiger partial charge in [-0.15, -0.1) is 12.4 Å². The zero-order valence-corrected chi connectivity index (χ0v) is 46.7. The van der Waals surface area contributed by atoms with E-state index in [4.69, 9.17) is 29.8 Å². The second kappa shape index (κ2) is 29.8. The van der Waals surface area contributed by atoms with Gasteiger partial charge in [-0.1, -0.05) is 56.0 Å². The van der Waals surface area contributed by atoms with Crippen LogP contribution in [0.15, 0.2) is 95.0 Å². The molecule has 0 radical (unpaired) electrons. The number of amides is 1. The molecule has 4 aromatic carbocycles. The number of aliphatic carboxylic acids is 1. The van der Waals surface area contributed by atoms with Crippen molar-refractivity contribution in [3.63, 3.8) is 0 Å². The molecule has 0 spiro atoms. The number of nitrogens with zero attached hydrogens (tertiary/aromatic N) is 6. The van der Waals surface area contributed by atoms with Gasteiger partial charge in [-0.3, -0.25) is 4.79 Å². The molecular formula is C53H75ClN8O11S2. The number of aromatic nitrogens is 4. The molecule has 2 aromatic heterocycles. The van der Waals surface area contributed by atoms with Gasteiger partial charge in [0.15, 0.2) is 0 Å². The minimum Gasteiger partial charge on any atom is -0.497 e. The lowest BCUT2D eigenvalue weighted by Gasteiger charge is -2.20. The van der Waals surface area contributed by atoms with Crippen molar-refractivity contribution in [1.29, 1.82) is 0 Å². The van der Waals surface area contributed by atoms with Gasteiger partial charge in [-0.05, 0) is 99.2 Å². The van der Waals surface area contributed by atoms with Crippen LogP contribution in [0.4, 0.5) is 0 Å². The number of methoxy groups -OCH3 is 2.